The number of benzene rings is 2. The van der Waals surface area contributed by atoms with Crippen LogP contribution in [0.4, 0.5) is 5.69 Å². The number of rotatable bonds is 8. The van der Waals surface area contributed by atoms with Crippen molar-refractivity contribution in [3.05, 3.63) is 66.5 Å². The number of aromatic nitrogens is 3. The van der Waals surface area contributed by atoms with Gasteiger partial charge in [0.25, 0.3) is 0 Å². The van der Waals surface area contributed by atoms with E-state index in [0.717, 1.165) is 17.3 Å². The van der Waals surface area contributed by atoms with Gasteiger partial charge in [-0.3, -0.25) is 4.79 Å². The van der Waals surface area contributed by atoms with E-state index in [-0.39, 0.29) is 11.7 Å². The fourth-order valence-corrected chi connectivity index (χ4v) is 3.18. The highest BCUT2D eigenvalue weighted by molar-refractivity contribution is 7.99. The first-order valence-electron chi connectivity index (χ1n) is 8.34. The molecule has 0 aliphatic rings. The van der Waals surface area contributed by atoms with E-state index >= 15 is 0 Å². The number of amides is 1. The average Bonchev–Trinajstić information content (AvgIpc) is 3.08. The second-order valence-corrected chi connectivity index (χ2v) is 6.39. The van der Waals surface area contributed by atoms with E-state index < -0.39 is 0 Å². The van der Waals surface area contributed by atoms with Crippen molar-refractivity contribution < 1.29 is 9.53 Å². The summed E-state index contributed by atoms with van der Waals surface area (Å²) in [5, 5.41) is 12.0. The van der Waals surface area contributed by atoms with Gasteiger partial charge in [0.05, 0.1) is 5.75 Å². The maximum absolute atomic E-state index is 12.1. The predicted octanol–water partition coefficient (Wildman–Crippen LogP) is 3.61. The van der Waals surface area contributed by atoms with Crippen LogP contribution in [0.2, 0.25) is 0 Å². The van der Waals surface area contributed by atoms with E-state index in [1.165, 1.54) is 11.8 Å². The largest absolute Gasteiger partial charge is 0.486 e. The Hall–Kier alpha value is -2.80. The van der Waals surface area contributed by atoms with Crippen LogP contribution in [0.15, 0.2) is 65.8 Å². The van der Waals surface area contributed by atoms with Crippen molar-refractivity contribution in [3.63, 3.8) is 0 Å². The fourth-order valence-electron chi connectivity index (χ4n) is 2.36. The molecule has 1 N–H and O–H groups in total. The summed E-state index contributed by atoms with van der Waals surface area (Å²) in [6.07, 6.45) is 0. The Morgan fingerprint density at radius 3 is 2.46 bits per heavy atom. The molecule has 0 unspecified atom stereocenters. The lowest BCUT2D eigenvalue weighted by Crippen LogP contribution is -2.14. The molecule has 1 heterocycles. The molecule has 0 aliphatic heterocycles. The average molecular weight is 368 g/mol. The highest BCUT2D eigenvalue weighted by Gasteiger charge is 2.13. The van der Waals surface area contributed by atoms with Crippen LogP contribution in [0.5, 0.6) is 5.75 Å². The third kappa shape index (κ3) is 4.86. The van der Waals surface area contributed by atoms with Crippen molar-refractivity contribution >= 4 is 23.4 Å². The molecule has 0 radical (unpaired) electrons. The van der Waals surface area contributed by atoms with Crippen LogP contribution in [0.1, 0.15) is 12.7 Å². The topological polar surface area (TPSA) is 69.0 Å². The second-order valence-electron chi connectivity index (χ2n) is 5.45. The molecule has 3 aromatic rings. The fraction of sp³-hybridized carbons (Fsp3) is 0.211. The number of carbonyl (C=O) groups excluding carboxylic acids is 1. The Labute approximate surface area is 156 Å². The third-order valence-corrected chi connectivity index (χ3v) is 4.58. The minimum atomic E-state index is -0.0751. The zero-order valence-electron chi connectivity index (χ0n) is 14.5. The highest BCUT2D eigenvalue weighted by atomic mass is 32.2. The summed E-state index contributed by atoms with van der Waals surface area (Å²) in [6, 6.07) is 19.0. The number of hydrogen-bond acceptors (Lipinski definition) is 5. The molecule has 134 valence electrons. The monoisotopic (exact) mass is 368 g/mol. The van der Waals surface area contributed by atoms with Crippen molar-refractivity contribution in [2.45, 2.75) is 25.2 Å². The van der Waals surface area contributed by atoms with E-state index in [2.05, 4.69) is 15.5 Å². The molecule has 0 atom stereocenters. The first kappa shape index (κ1) is 18.0. The van der Waals surface area contributed by atoms with Crippen molar-refractivity contribution in [1.29, 1.82) is 0 Å². The summed E-state index contributed by atoms with van der Waals surface area (Å²) >= 11 is 1.36. The SMILES string of the molecule is CCn1c(COc2ccccc2)nnc1SCC(=O)Nc1ccccc1. The number of ether oxygens (including phenoxy) is 1. The van der Waals surface area contributed by atoms with E-state index in [1.807, 2.05) is 72.2 Å². The summed E-state index contributed by atoms with van der Waals surface area (Å²) in [7, 11) is 0. The van der Waals surface area contributed by atoms with Crippen molar-refractivity contribution in [2.24, 2.45) is 0 Å². The lowest BCUT2D eigenvalue weighted by Gasteiger charge is -2.09. The number of thioether (sulfide) groups is 1. The van der Waals surface area contributed by atoms with E-state index in [9.17, 15) is 4.79 Å². The molecule has 0 fully saturated rings. The third-order valence-electron chi connectivity index (χ3n) is 3.61. The first-order chi connectivity index (χ1) is 12.8. The number of nitrogens with one attached hydrogen (secondary N) is 1. The Bertz CT molecular complexity index is 837. The molecular formula is C19H20N4O2S. The van der Waals surface area contributed by atoms with Crippen LogP contribution in [0.3, 0.4) is 0 Å². The van der Waals surface area contributed by atoms with Crippen LogP contribution in [0.25, 0.3) is 0 Å². The van der Waals surface area contributed by atoms with Gasteiger partial charge in [0.2, 0.25) is 5.91 Å². The number of nitrogens with zero attached hydrogens (tertiary/aromatic N) is 3. The van der Waals surface area contributed by atoms with E-state index in [0.29, 0.717) is 18.3 Å². The van der Waals surface area contributed by atoms with Crippen LogP contribution in [0, 0.1) is 0 Å². The molecule has 2 aromatic carbocycles. The van der Waals surface area contributed by atoms with Crippen molar-refractivity contribution in [3.8, 4) is 5.75 Å². The van der Waals surface area contributed by atoms with Gasteiger partial charge in [-0.2, -0.15) is 0 Å². The van der Waals surface area contributed by atoms with E-state index in [1.54, 1.807) is 0 Å². The van der Waals surface area contributed by atoms with Crippen LogP contribution in [-0.2, 0) is 17.9 Å². The second kappa shape index (κ2) is 9.05. The minimum absolute atomic E-state index is 0.0751. The molecule has 0 saturated carbocycles. The van der Waals surface area contributed by atoms with Crippen molar-refractivity contribution in [1.82, 2.24) is 14.8 Å². The quantitative estimate of drug-likeness (QED) is 0.615. The normalized spacial score (nSPS) is 10.5. The van der Waals surface area contributed by atoms with Gasteiger partial charge in [0.1, 0.15) is 12.4 Å². The zero-order chi connectivity index (χ0) is 18.2. The van der Waals surface area contributed by atoms with Gasteiger partial charge in [-0.1, -0.05) is 48.2 Å². The molecule has 0 aliphatic carbocycles. The Morgan fingerprint density at radius 1 is 1.08 bits per heavy atom. The van der Waals surface area contributed by atoms with Gasteiger partial charge in [-0.25, -0.2) is 0 Å². The lowest BCUT2D eigenvalue weighted by atomic mass is 10.3. The summed E-state index contributed by atoms with van der Waals surface area (Å²) < 4.78 is 7.70. The van der Waals surface area contributed by atoms with Gasteiger partial charge < -0.3 is 14.6 Å². The summed E-state index contributed by atoms with van der Waals surface area (Å²) in [5.41, 5.74) is 0.784. The number of carbonyl (C=O) groups is 1. The lowest BCUT2D eigenvalue weighted by molar-refractivity contribution is -0.113. The summed E-state index contributed by atoms with van der Waals surface area (Å²) in [4.78, 5) is 12.1. The Morgan fingerprint density at radius 2 is 1.77 bits per heavy atom. The molecule has 0 spiro atoms. The predicted molar refractivity (Wildman–Crippen MR) is 102 cm³/mol. The molecule has 3 rings (SSSR count). The van der Waals surface area contributed by atoms with Gasteiger partial charge >= 0.3 is 0 Å². The Kier molecular flexibility index (Phi) is 6.27. The van der Waals surface area contributed by atoms with Gasteiger partial charge in [0.15, 0.2) is 11.0 Å². The zero-order valence-corrected chi connectivity index (χ0v) is 15.3. The molecule has 7 heteroatoms. The molecule has 26 heavy (non-hydrogen) atoms. The van der Waals surface area contributed by atoms with Gasteiger partial charge in [-0.05, 0) is 31.2 Å². The molecular weight excluding hydrogens is 348 g/mol. The smallest absolute Gasteiger partial charge is 0.234 e. The highest BCUT2D eigenvalue weighted by Crippen LogP contribution is 2.19. The van der Waals surface area contributed by atoms with Crippen LogP contribution >= 0.6 is 11.8 Å². The summed E-state index contributed by atoms with van der Waals surface area (Å²) in [5.74, 6) is 1.72. The molecule has 6 nitrogen and oxygen atoms in total. The number of para-hydroxylation sites is 2. The molecule has 1 aromatic heterocycles. The number of anilines is 1. The maximum atomic E-state index is 12.1. The minimum Gasteiger partial charge on any atom is -0.486 e. The van der Waals surface area contributed by atoms with Crippen molar-refractivity contribution in [2.75, 3.05) is 11.1 Å². The number of hydrogen-bond donors (Lipinski definition) is 1. The first-order valence-corrected chi connectivity index (χ1v) is 9.32. The van der Waals surface area contributed by atoms with E-state index in [4.69, 9.17) is 4.74 Å². The van der Waals surface area contributed by atoms with Crippen LogP contribution < -0.4 is 10.1 Å². The van der Waals surface area contributed by atoms with Gasteiger partial charge in [0, 0.05) is 12.2 Å². The van der Waals surface area contributed by atoms with Gasteiger partial charge in [-0.15, -0.1) is 10.2 Å². The molecule has 0 saturated heterocycles. The maximum Gasteiger partial charge on any atom is 0.234 e. The standard InChI is InChI=1S/C19H20N4O2S/c1-2-23-17(13-25-16-11-7-4-8-12-16)21-22-19(23)26-14-18(24)20-15-9-5-3-6-10-15/h3-12H,2,13-14H2,1H3,(H,20,24). The van der Waals surface area contributed by atoms with Crippen LogP contribution in [-0.4, -0.2) is 26.4 Å². The Balaban J connectivity index is 1.56. The summed E-state index contributed by atoms with van der Waals surface area (Å²) in [6.45, 7) is 3.06. The molecule has 0 bridgehead atoms. The molecule has 1 amide bonds.